The molecule has 1 heterocycles. The van der Waals surface area contributed by atoms with E-state index in [2.05, 4.69) is 16.7 Å². The Hall–Kier alpha value is -1.77. The second kappa shape index (κ2) is 4.39. The van der Waals surface area contributed by atoms with Gasteiger partial charge in [0.05, 0.1) is 7.11 Å². The summed E-state index contributed by atoms with van der Waals surface area (Å²) in [5.41, 5.74) is 2.26. The summed E-state index contributed by atoms with van der Waals surface area (Å²) in [6.45, 7) is 0. The number of nitrogens with zero attached hydrogens (tertiary/aromatic N) is 1. The second-order valence-electron chi connectivity index (χ2n) is 3.85. The van der Waals surface area contributed by atoms with Crippen molar-refractivity contribution in [2.45, 2.75) is 12.8 Å². The summed E-state index contributed by atoms with van der Waals surface area (Å²) in [4.78, 5) is 10.4. The highest BCUT2D eigenvalue weighted by atomic mass is 16.5. The Morgan fingerprint density at radius 1 is 1.44 bits per heavy atom. The topological polar surface area (TPSA) is 31.2 Å². The Kier molecular flexibility index (Phi) is 2.95. The molecule has 2 rings (SSSR count). The molecule has 0 aliphatic heterocycles. The lowest BCUT2D eigenvalue weighted by molar-refractivity contribution is -0.107. The number of hydrogen-bond donors (Lipinski definition) is 0. The van der Waals surface area contributed by atoms with E-state index in [1.54, 1.807) is 7.11 Å². The third-order valence-corrected chi connectivity index (χ3v) is 2.82. The Morgan fingerprint density at radius 3 is 2.94 bits per heavy atom. The van der Waals surface area contributed by atoms with Crippen LogP contribution in [0.3, 0.4) is 0 Å². The van der Waals surface area contributed by atoms with Crippen molar-refractivity contribution in [3.63, 3.8) is 0 Å². The third-order valence-electron chi connectivity index (χ3n) is 2.82. The number of carbonyl (C=O) groups excluding carboxylic acids is 1. The van der Waals surface area contributed by atoms with Gasteiger partial charge in [0, 0.05) is 30.6 Å². The number of benzene rings is 1. The highest BCUT2D eigenvalue weighted by Gasteiger charge is 2.07. The first-order chi connectivity index (χ1) is 7.76. The van der Waals surface area contributed by atoms with Crippen LogP contribution in [0.2, 0.25) is 0 Å². The molecular weight excluding hydrogens is 202 g/mol. The first kappa shape index (κ1) is 10.7. The summed E-state index contributed by atoms with van der Waals surface area (Å²) < 4.78 is 7.40. The molecular formula is C13H15NO2. The minimum Gasteiger partial charge on any atom is -0.496 e. The molecule has 0 aliphatic carbocycles. The van der Waals surface area contributed by atoms with E-state index in [-0.39, 0.29) is 0 Å². The van der Waals surface area contributed by atoms with Crippen LogP contribution in [-0.2, 0) is 18.3 Å². The van der Waals surface area contributed by atoms with Crippen LogP contribution >= 0.6 is 0 Å². The van der Waals surface area contributed by atoms with E-state index in [1.165, 1.54) is 5.52 Å². The van der Waals surface area contributed by atoms with Gasteiger partial charge in [-0.15, -0.1) is 0 Å². The molecule has 84 valence electrons. The average molecular weight is 217 g/mol. The lowest BCUT2D eigenvalue weighted by Crippen LogP contribution is -1.94. The molecule has 2 aromatic rings. The van der Waals surface area contributed by atoms with Crippen molar-refractivity contribution < 1.29 is 9.53 Å². The highest BCUT2D eigenvalue weighted by Crippen LogP contribution is 2.27. The lowest BCUT2D eigenvalue weighted by Gasteiger charge is -2.08. The molecule has 0 saturated heterocycles. The molecule has 0 amide bonds. The van der Waals surface area contributed by atoms with E-state index < -0.39 is 0 Å². The van der Waals surface area contributed by atoms with Gasteiger partial charge in [-0.25, -0.2) is 0 Å². The quantitative estimate of drug-likeness (QED) is 0.736. The van der Waals surface area contributed by atoms with Gasteiger partial charge in [-0.05, 0) is 30.2 Å². The maximum absolute atomic E-state index is 10.4. The highest BCUT2D eigenvalue weighted by molar-refractivity contribution is 5.83. The van der Waals surface area contributed by atoms with E-state index in [1.807, 2.05) is 19.3 Å². The van der Waals surface area contributed by atoms with E-state index in [4.69, 9.17) is 4.74 Å². The van der Waals surface area contributed by atoms with Crippen LogP contribution in [0.25, 0.3) is 10.9 Å². The lowest BCUT2D eigenvalue weighted by atomic mass is 10.1. The van der Waals surface area contributed by atoms with Crippen molar-refractivity contribution in [2.75, 3.05) is 7.11 Å². The van der Waals surface area contributed by atoms with Gasteiger partial charge in [-0.3, -0.25) is 0 Å². The summed E-state index contributed by atoms with van der Waals surface area (Å²) in [5, 5.41) is 1.16. The van der Waals surface area contributed by atoms with E-state index in [0.29, 0.717) is 6.42 Å². The molecule has 0 radical (unpaired) electrons. The van der Waals surface area contributed by atoms with Gasteiger partial charge in [0.1, 0.15) is 12.0 Å². The van der Waals surface area contributed by atoms with Crippen molar-refractivity contribution in [1.29, 1.82) is 0 Å². The van der Waals surface area contributed by atoms with Gasteiger partial charge in [-0.2, -0.15) is 0 Å². The van der Waals surface area contributed by atoms with E-state index in [0.717, 1.165) is 29.4 Å². The maximum atomic E-state index is 10.4. The Labute approximate surface area is 94.6 Å². The van der Waals surface area contributed by atoms with Crippen LogP contribution in [0.1, 0.15) is 12.0 Å². The maximum Gasteiger partial charge on any atom is 0.122 e. The number of aryl methyl sites for hydroxylation is 2. The number of rotatable bonds is 4. The van der Waals surface area contributed by atoms with Crippen molar-refractivity contribution in [3.05, 3.63) is 30.0 Å². The molecule has 0 saturated carbocycles. The fourth-order valence-electron chi connectivity index (χ4n) is 1.94. The molecule has 0 bridgehead atoms. The molecule has 1 aromatic heterocycles. The van der Waals surface area contributed by atoms with Gasteiger partial charge in [0.25, 0.3) is 0 Å². The first-order valence-electron chi connectivity index (χ1n) is 5.32. The number of carbonyl (C=O) groups is 1. The van der Waals surface area contributed by atoms with Crippen LogP contribution < -0.4 is 4.74 Å². The number of aldehydes is 1. The normalized spacial score (nSPS) is 10.6. The standard InChI is InChI=1S/C13H15NO2/c1-14-6-5-10-9-13(16-2)11(4-3-7-15)8-12(10)14/h5-9H,3-4H2,1-2H3. The van der Waals surface area contributed by atoms with Gasteiger partial charge >= 0.3 is 0 Å². The third kappa shape index (κ3) is 1.81. The van der Waals surface area contributed by atoms with Crippen LogP contribution in [0.4, 0.5) is 0 Å². The van der Waals surface area contributed by atoms with Crippen molar-refractivity contribution >= 4 is 17.2 Å². The largest absolute Gasteiger partial charge is 0.496 e. The molecule has 0 atom stereocenters. The van der Waals surface area contributed by atoms with Crippen LogP contribution in [0.5, 0.6) is 5.75 Å². The number of aromatic nitrogens is 1. The molecule has 0 spiro atoms. The van der Waals surface area contributed by atoms with Crippen molar-refractivity contribution in [1.82, 2.24) is 4.57 Å². The zero-order valence-electron chi connectivity index (χ0n) is 9.56. The average Bonchev–Trinajstić information content (AvgIpc) is 2.66. The SMILES string of the molecule is COc1cc2ccn(C)c2cc1CCC=O. The molecule has 3 heteroatoms. The Balaban J connectivity index is 2.51. The number of methoxy groups -OCH3 is 1. The Bertz CT molecular complexity index is 514. The zero-order valence-corrected chi connectivity index (χ0v) is 9.56. The van der Waals surface area contributed by atoms with Gasteiger partial charge in [0.2, 0.25) is 0 Å². The molecule has 3 nitrogen and oxygen atoms in total. The van der Waals surface area contributed by atoms with Gasteiger partial charge < -0.3 is 14.1 Å². The summed E-state index contributed by atoms with van der Waals surface area (Å²) in [6.07, 6.45) is 4.22. The fourth-order valence-corrected chi connectivity index (χ4v) is 1.94. The smallest absolute Gasteiger partial charge is 0.122 e. The number of hydrogen-bond acceptors (Lipinski definition) is 2. The van der Waals surface area contributed by atoms with Gasteiger partial charge in [0.15, 0.2) is 0 Å². The monoisotopic (exact) mass is 217 g/mol. The molecule has 0 N–H and O–H groups in total. The van der Waals surface area contributed by atoms with E-state index in [9.17, 15) is 4.79 Å². The van der Waals surface area contributed by atoms with Crippen LogP contribution in [-0.4, -0.2) is 18.0 Å². The van der Waals surface area contributed by atoms with Crippen molar-refractivity contribution in [3.8, 4) is 5.75 Å². The van der Waals surface area contributed by atoms with E-state index >= 15 is 0 Å². The van der Waals surface area contributed by atoms with Crippen LogP contribution in [0.15, 0.2) is 24.4 Å². The summed E-state index contributed by atoms with van der Waals surface area (Å²) in [7, 11) is 3.67. The van der Waals surface area contributed by atoms with Crippen molar-refractivity contribution in [2.24, 2.45) is 7.05 Å². The first-order valence-corrected chi connectivity index (χ1v) is 5.32. The minimum absolute atomic E-state index is 0.534. The minimum atomic E-state index is 0.534. The summed E-state index contributed by atoms with van der Waals surface area (Å²) in [5.74, 6) is 0.862. The molecule has 0 unspecified atom stereocenters. The number of fused-ring (bicyclic) bond motifs is 1. The second-order valence-corrected chi connectivity index (χ2v) is 3.85. The summed E-state index contributed by atoms with van der Waals surface area (Å²) in [6, 6.07) is 6.18. The predicted molar refractivity (Wildman–Crippen MR) is 63.9 cm³/mol. The fraction of sp³-hybridized carbons (Fsp3) is 0.308. The number of ether oxygens (including phenoxy) is 1. The molecule has 0 fully saturated rings. The molecule has 1 aromatic carbocycles. The Morgan fingerprint density at radius 2 is 2.25 bits per heavy atom. The molecule has 16 heavy (non-hydrogen) atoms. The predicted octanol–water partition coefficient (Wildman–Crippen LogP) is 2.32. The summed E-state index contributed by atoms with van der Waals surface area (Å²) >= 11 is 0. The zero-order chi connectivity index (χ0) is 11.5. The molecule has 0 aliphatic rings. The van der Waals surface area contributed by atoms with Crippen LogP contribution in [0, 0.1) is 0 Å². The van der Waals surface area contributed by atoms with Gasteiger partial charge in [-0.1, -0.05) is 0 Å².